The number of ether oxygens (including phenoxy) is 1. The van der Waals surface area contributed by atoms with E-state index in [4.69, 9.17) is 4.74 Å². The molecule has 0 bridgehead atoms. The van der Waals surface area contributed by atoms with Crippen molar-refractivity contribution >= 4 is 23.9 Å². The number of hydrazone groups is 1. The maximum atomic E-state index is 14.9. The van der Waals surface area contributed by atoms with E-state index in [1.807, 2.05) is 24.1 Å². The van der Waals surface area contributed by atoms with Gasteiger partial charge in [-0.05, 0) is 30.3 Å². The molecule has 0 radical (unpaired) electrons. The second-order valence-corrected chi connectivity index (χ2v) is 7.65. The van der Waals surface area contributed by atoms with Crippen molar-refractivity contribution in [3.63, 3.8) is 0 Å². The van der Waals surface area contributed by atoms with Crippen LogP contribution in [0.5, 0.6) is 0 Å². The molecule has 0 unspecified atom stereocenters. The van der Waals surface area contributed by atoms with E-state index in [0.717, 1.165) is 13.1 Å². The van der Waals surface area contributed by atoms with E-state index in [1.54, 1.807) is 46.8 Å². The number of cyclic esters (lactones) is 1. The molecule has 10 nitrogen and oxygen atoms in total. The molecule has 164 valence electrons. The number of rotatable bonds is 5. The molecular weight excluding hydrogens is 415 g/mol. The summed E-state index contributed by atoms with van der Waals surface area (Å²) in [6.45, 7) is 2.27. The number of hydrogen-bond donors (Lipinski definition) is 0. The number of likely N-dealkylation sites (N-methyl/N-ethyl adjacent to an activating group) is 1. The summed E-state index contributed by atoms with van der Waals surface area (Å²) in [6, 6.07) is 8.32. The van der Waals surface area contributed by atoms with Crippen molar-refractivity contribution in [1.82, 2.24) is 24.9 Å². The first-order valence-corrected chi connectivity index (χ1v) is 10.2. The van der Waals surface area contributed by atoms with Crippen molar-refractivity contribution < 1.29 is 13.9 Å². The zero-order valence-corrected chi connectivity index (χ0v) is 17.4. The maximum absolute atomic E-state index is 14.9. The van der Waals surface area contributed by atoms with E-state index in [-0.39, 0.29) is 6.10 Å². The molecule has 3 aromatic rings. The Bertz CT molecular complexity index is 1140. The molecule has 2 aromatic heterocycles. The first-order valence-electron chi connectivity index (χ1n) is 10.2. The van der Waals surface area contributed by atoms with Gasteiger partial charge in [0.25, 0.3) is 0 Å². The lowest BCUT2D eigenvalue weighted by Gasteiger charge is -2.26. The van der Waals surface area contributed by atoms with Crippen LogP contribution in [-0.2, 0) is 11.3 Å². The van der Waals surface area contributed by atoms with Crippen LogP contribution in [0.25, 0.3) is 11.1 Å². The largest absolute Gasteiger partial charge is 0.442 e. The van der Waals surface area contributed by atoms with Crippen LogP contribution in [-0.4, -0.2) is 70.1 Å². The number of carbonyl (C=O) groups excluding carboxylic acids is 1. The molecule has 1 saturated heterocycles. The van der Waals surface area contributed by atoms with Crippen LogP contribution >= 0.6 is 0 Å². The number of benzene rings is 1. The standard InChI is InChI=1S/C21H21FN8O2/c1-27-8-9-30(25-14-27)20-5-2-15(11-23-20)18-4-3-16(10-19(18)22)29-13-17(32-21(29)31)12-28-7-6-24-26-28/h2-7,10-11,14,17H,8-9,12-13H2,1H3/t17-/m0/s1. The minimum atomic E-state index is -0.513. The van der Waals surface area contributed by atoms with E-state index in [1.165, 1.54) is 11.0 Å². The summed E-state index contributed by atoms with van der Waals surface area (Å²) in [5.74, 6) is 0.260. The average Bonchev–Trinajstić information content (AvgIpc) is 3.44. The lowest BCUT2D eigenvalue weighted by molar-refractivity contribution is 0.129. The van der Waals surface area contributed by atoms with Crippen LogP contribution in [0.1, 0.15) is 0 Å². The van der Waals surface area contributed by atoms with Gasteiger partial charge in [-0.1, -0.05) is 5.21 Å². The van der Waals surface area contributed by atoms with Gasteiger partial charge in [0.05, 0.1) is 31.5 Å². The molecule has 32 heavy (non-hydrogen) atoms. The van der Waals surface area contributed by atoms with E-state index in [0.29, 0.717) is 35.7 Å². The van der Waals surface area contributed by atoms with Crippen molar-refractivity contribution in [2.24, 2.45) is 5.10 Å². The van der Waals surface area contributed by atoms with E-state index >= 15 is 0 Å². The molecule has 1 amide bonds. The Balaban J connectivity index is 1.30. The normalized spacial score (nSPS) is 18.4. The van der Waals surface area contributed by atoms with Gasteiger partial charge in [0.1, 0.15) is 24.1 Å². The topological polar surface area (TPSA) is 92.0 Å². The van der Waals surface area contributed by atoms with Crippen LogP contribution in [0.15, 0.2) is 54.0 Å². The molecule has 2 aliphatic rings. The summed E-state index contributed by atoms with van der Waals surface area (Å²) < 4.78 is 21.9. The van der Waals surface area contributed by atoms with Crippen molar-refractivity contribution in [2.75, 3.05) is 36.6 Å². The molecule has 0 spiro atoms. The predicted molar refractivity (Wildman–Crippen MR) is 116 cm³/mol. The third kappa shape index (κ3) is 3.96. The summed E-state index contributed by atoms with van der Waals surface area (Å²) in [5.41, 5.74) is 1.49. The van der Waals surface area contributed by atoms with Gasteiger partial charge >= 0.3 is 6.09 Å². The summed E-state index contributed by atoms with van der Waals surface area (Å²) in [7, 11) is 1.96. The van der Waals surface area contributed by atoms with Gasteiger partial charge in [-0.2, -0.15) is 5.10 Å². The number of aromatic nitrogens is 4. The number of halogens is 1. The highest BCUT2D eigenvalue weighted by molar-refractivity contribution is 5.90. The number of carbonyl (C=O) groups is 1. The summed E-state index contributed by atoms with van der Waals surface area (Å²) >= 11 is 0. The first-order chi connectivity index (χ1) is 15.6. The Labute approximate surface area is 183 Å². The van der Waals surface area contributed by atoms with Crippen molar-refractivity contribution in [3.05, 3.63) is 54.7 Å². The van der Waals surface area contributed by atoms with Crippen molar-refractivity contribution in [2.45, 2.75) is 12.6 Å². The molecule has 1 aromatic carbocycles. The van der Waals surface area contributed by atoms with Gasteiger partial charge in [0, 0.05) is 37.1 Å². The second kappa shape index (κ2) is 8.25. The number of nitrogens with zero attached hydrogens (tertiary/aromatic N) is 8. The van der Waals surface area contributed by atoms with Gasteiger partial charge in [-0.15, -0.1) is 5.10 Å². The Morgan fingerprint density at radius 3 is 2.81 bits per heavy atom. The molecule has 2 aliphatic heterocycles. The van der Waals surface area contributed by atoms with Gasteiger partial charge in [0.15, 0.2) is 0 Å². The van der Waals surface area contributed by atoms with Crippen molar-refractivity contribution in [3.8, 4) is 11.1 Å². The second-order valence-electron chi connectivity index (χ2n) is 7.65. The lowest BCUT2D eigenvalue weighted by Crippen LogP contribution is -2.35. The minimum Gasteiger partial charge on any atom is -0.442 e. The maximum Gasteiger partial charge on any atom is 0.414 e. The summed E-state index contributed by atoms with van der Waals surface area (Å²) in [5, 5.41) is 13.8. The van der Waals surface area contributed by atoms with Gasteiger partial charge < -0.3 is 9.64 Å². The zero-order valence-electron chi connectivity index (χ0n) is 17.4. The molecule has 11 heteroatoms. The fraction of sp³-hybridized carbons (Fsp3) is 0.286. The highest BCUT2D eigenvalue weighted by Gasteiger charge is 2.33. The smallest absolute Gasteiger partial charge is 0.414 e. The first kappa shape index (κ1) is 19.9. The molecule has 0 N–H and O–H groups in total. The molecule has 5 rings (SSSR count). The third-order valence-corrected chi connectivity index (χ3v) is 5.38. The molecule has 0 saturated carbocycles. The van der Waals surface area contributed by atoms with E-state index in [2.05, 4.69) is 20.4 Å². The Morgan fingerprint density at radius 1 is 1.22 bits per heavy atom. The third-order valence-electron chi connectivity index (χ3n) is 5.38. The van der Waals surface area contributed by atoms with Crippen LogP contribution in [0.2, 0.25) is 0 Å². The van der Waals surface area contributed by atoms with Gasteiger partial charge in [0.2, 0.25) is 0 Å². The van der Waals surface area contributed by atoms with Crippen LogP contribution in [0, 0.1) is 5.82 Å². The summed E-state index contributed by atoms with van der Waals surface area (Å²) in [6.07, 6.45) is 5.72. The Hall–Kier alpha value is -4.02. The quantitative estimate of drug-likeness (QED) is 0.605. The van der Waals surface area contributed by atoms with E-state index in [9.17, 15) is 9.18 Å². The molecule has 1 atom stereocenters. The number of hydrogen-bond acceptors (Lipinski definition) is 8. The minimum absolute atomic E-state index is 0.305. The van der Waals surface area contributed by atoms with Crippen LogP contribution < -0.4 is 9.91 Å². The molecule has 1 fully saturated rings. The van der Waals surface area contributed by atoms with Gasteiger partial charge in [-0.3, -0.25) is 4.90 Å². The highest BCUT2D eigenvalue weighted by Crippen LogP contribution is 2.30. The van der Waals surface area contributed by atoms with Crippen LogP contribution in [0.4, 0.5) is 20.7 Å². The van der Waals surface area contributed by atoms with Crippen molar-refractivity contribution in [1.29, 1.82) is 0 Å². The van der Waals surface area contributed by atoms with Gasteiger partial charge in [-0.25, -0.2) is 23.9 Å². The molecule has 4 heterocycles. The zero-order chi connectivity index (χ0) is 22.1. The lowest BCUT2D eigenvalue weighted by atomic mass is 10.1. The Morgan fingerprint density at radius 2 is 2.12 bits per heavy atom. The fourth-order valence-corrected chi connectivity index (χ4v) is 3.66. The summed E-state index contributed by atoms with van der Waals surface area (Å²) in [4.78, 5) is 20.1. The SMILES string of the molecule is CN1C=NN(c2ccc(-c3ccc(N4C[C@H](Cn5ccnn5)OC4=O)cc3F)cn2)CC1. The number of amides is 1. The molecule has 0 aliphatic carbocycles. The average molecular weight is 436 g/mol. The molecular formula is C21H21FN8O2. The Kier molecular flexibility index (Phi) is 5.13. The fourth-order valence-electron chi connectivity index (χ4n) is 3.66. The van der Waals surface area contributed by atoms with Crippen LogP contribution in [0.3, 0.4) is 0 Å². The number of pyridine rings is 1. The highest BCUT2D eigenvalue weighted by atomic mass is 19.1. The van der Waals surface area contributed by atoms with E-state index < -0.39 is 11.9 Å². The predicted octanol–water partition coefficient (Wildman–Crippen LogP) is 2.20. The monoisotopic (exact) mass is 436 g/mol. The number of anilines is 2.